The Bertz CT molecular complexity index is 864. The van der Waals surface area contributed by atoms with Gasteiger partial charge in [-0.3, -0.25) is 0 Å². The van der Waals surface area contributed by atoms with Gasteiger partial charge in [0.25, 0.3) is 0 Å². The molecule has 2 aromatic rings. The van der Waals surface area contributed by atoms with Gasteiger partial charge in [-0.1, -0.05) is 23.7 Å². The number of halogens is 1. The largest absolute Gasteiger partial charge is 0.332 e. The van der Waals surface area contributed by atoms with E-state index in [1.165, 1.54) is 4.31 Å². The van der Waals surface area contributed by atoms with Crippen LogP contribution in [0.4, 0.5) is 11.4 Å². The Morgan fingerprint density at radius 3 is 2.28 bits per heavy atom. The number of hydrogen-bond donors (Lipinski definition) is 2. The maximum Gasteiger partial charge on any atom is 0.243 e. The first-order valence-electron chi connectivity index (χ1n) is 7.89. The van der Waals surface area contributed by atoms with Crippen molar-refractivity contribution in [1.82, 2.24) is 4.31 Å². The van der Waals surface area contributed by atoms with Crippen LogP contribution in [0.2, 0.25) is 5.02 Å². The van der Waals surface area contributed by atoms with E-state index in [4.69, 9.17) is 23.8 Å². The van der Waals surface area contributed by atoms with Crippen LogP contribution in [0.25, 0.3) is 0 Å². The third-order valence-electron chi connectivity index (χ3n) is 3.94. The SMILES string of the molecule is O=S(=O)(c1ccc(NC(=S)Nc2ccccc2Cl)cc1)N1CCCC1. The number of nitrogens with one attached hydrogen (secondary N) is 2. The van der Waals surface area contributed by atoms with Crippen molar-refractivity contribution in [2.75, 3.05) is 23.7 Å². The van der Waals surface area contributed by atoms with E-state index < -0.39 is 10.0 Å². The molecule has 0 unspecified atom stereocenters. The summed E-state index contributed by atoms with van der Waals surface area (Å²) in [5.74, 6) is 0. The summed E-state index contributed by atoms with van der Waals surface area (Å²) in [6, 6.07) is 13.9. The van der Waals surface area contributed by atoms with Crippen LogP contribution in [0.15, 0.2) is 53.4 Å². The predicted octanol–water partition coefficient (Wildman–Crippen LogP) is 3.93. The van der Waals surface area contributed by atoms with Gasteiger partial charge in [0, 0.05) is 18.8 Å². The molecule has 0 atom stereocenters. The zero-order valence-electron chi connectivity index (χ0n) is 13.4. The molecule has 1 aliphatic heterocycles. The minimum Gasteiger partial charge on any atom is -0.332 e. The van der Waals surface area contributed by atoms with Gasteiger partial charge in [0.1, 0.15) is 0 Å². The Morgan fingerprint density at radius 1 is 1.00 bits per heavy atom. The van der Waals surface area contributed by atoms with Gasteiger partial charge >= 0.3 is 0 Å². The molecule has 1 aliphatic rings. The number of hydrogen-bond acceptors (Lipinski definition) is 3. The molecular weight excluding hydrogens is 378 g/mol. The van der Waals surface area contributed by atoms with Gasteiger partial charge in [0.05, 0.1) is 15.6 Å². The Morgan fingerprint density at radius 2 is 1.64 bits per heavy atom. The molecule has 0 radical (unpaired) electrons. The van der Waals surface area contributed by atoms with Crippen LogP contribution in [0, 0.1) is 0 Å². The maximum absolute atomic E-state index is 12.5. The third-order valence-corrected chi connectivity index (χ3v) is 6.38. The van der Waals surface area contributed by atoms with Gasteiger partial charge in [0.15, 0.2) is 5.11 Å². The van der Waals surface area contributed by atoms with E-state index in [1.807, 2.05) is 18.2 Å². The summed E-state index contributed by atoms with van der Waals surface area (Å²) in [7, 11) is -3.40. The summed E-state index contributed by atoms with van der Waals surface area (Å²) in [5, 5.41) is 6.98. The van der Waals surface area contributed by atoms with Crippen molar-refractivity contribution in [2.24, 2.45) is 0 Å². The fraction of sp³-hybridized carbons (Fsp3) is 0.235. The first kappa shape index (κ1) is 18.1. The standard InChI is InChI=1S/C17H18ClN3O2S2/c18-15-5-1-2-6-16(15)20-17(24)19-13-7-9-14(10-8-13)25(22,23)21-11-3-4-12-21/h1-2,5-10H,3-4,11-12H2,(H2,19,20,24). The highest BCUT2D eigenvalue weighted by atomic mass is 35.5. The Balaban J connectivity index is 1.66. The van der Waals surface area contributed by atoms with Gasteiger partial charge in [0.2, 0.25) is 10.0 Å². The minimum atomic E-state index is -3.40. The number of rotatable bonds is 4. The molecule has 1 saturated heterocycles. The summed E-state index contributed by atoms with van der Waals surface area (Å²) in [5.41, 5.74) is 1.40. The Labute approximate surface area is 158 Å². The Hall–Kier alpha value is -1.67. The molecule has 0 saturated carbocycles. The number of benzene rings is 2. The number of para-hydroxylation sites is 1. The molecule has 2 aromatic carbocycles. The van der Waals surface area contributed by atoms with Crippen LogP contribution in [0.3, 0.4) is 0 Å². The summed E-state index contributed by atoms with van der Waals surface area (Å²) >= 11 is 11.3. The normalized spacial score (nSPS) is 15.1. The highest BCUT2D eigenvalue weighted by molar-refractivity contribution is 7.89. The van der Waals surface area contributed by atoms with E-state index in [0.29, 0.717) is 39.5 Å². The quantitative estimate of drug-likeness (QED) is 0.768. The van der Waals surface area contributed by atoms with Gasteiger partial charge in [-0.15, -0.1) is 0 Å². The van der Waals surface area contributed by atoms with E-state index in [2.05, 4.69) is 10.6 Å². The molecular formula is C17H18ClN3O2S2. The molecule has 5 nitrogen and oxygen atoms in total. The second kappa shape index (κ2) is 7.70. The van der Waals surface area contributed by atoms with Gasteiger partial charge in [-0.25, -0.2) is 8.42 Å². The van der Waals surface area contributed by atoms with Crippen molar-refractivity contribution in [2.45, 2.75) is 17.7 Å². The molecule has 8 heteroatoms. The molecule has 1 fully saturated rings. The van der Waals surface area contributed by atoms with Crippen molar-refractivity contribution in [1.29, 1.82) is 0 Å². The summed E-state index contributed by atoms with van der Waals surface area (Å²) in [6.45, 7) is 1.18. The van der Waals surface area contributed by atoms with Crippen LogP contribution in [-0.4, -0.2) is 30.9 Å². The van der Waals surface area contributed by atoms with Crippen LogP contribution in [0.5, 0.6) is 0 Å². The number of nitrogens with zero attached hydrogens (tertiary/aromatic N) is 1. The summed E-state index contributed by atoms with van der Waals surface area (Å²) in [6.07, 6.45) is 1.84. The zero-order chi connectivity index (χ0) is 17.9. The molecule has 3 rings (SSSR count). The van der Waals surface area contributed by atoms with Crippen molar-refractivity contribution in [3.8, 4) is 0 Å². The molecule has 0 amide bonds. The van der Waals surface area contributed by atoms with Crippen LogP contribution < -0.4 is 10.6 Å². The molecule has 2 N–H and O–H groups in total. The second-order valence-corrected chi connectivity index (χ2v) is 8.45. The average Bonchev–Trinajstić information content (AvgIpc) is 3.13. The first-order valence-corrected chi connectivity index (χ1v) is 10.1. The first-order chi connectivity index (χ1) is 12.0. The summed E-state index contributed by atoms with van der Waals surface area (Å²) in [4.78, 5) is 0.296. The topological polar surface area (TPSA) is 61.4 Å². The maximum atomic E-state index is 12.5. The predicted molar refractivity (Wildman–Crippen MR) is 106 cm³/mol. The smallest absolute Gasteiger partial charge is 0.243 e. The lowest BCUT2D eigenvalue weighted by atomic mass is 10.3. The number of sulfonamides is 1. The molecule has 132 valence electrons. The lowest BCUT2D eigenvalue weighted by Crippen LogP contribution is -2.27. The summed E-state index contributed by atoms with van der Waals surface area (Å²) < 4.78 is 26.5. The third kappa shape index (κ3) is 4.30. The van der Waals surface area contributed by atoms with Gasteiger partial charge < -0.3 is 10.6 Å². The Kier molecular flexibility index (Phi) is 5.58. The zero-order valence-corrected chi connectivity index (χ0v) is 15.8. The highest BCUT2D eigenvalue weighted by Gasteiger charge is 2.26. The molecule has 0 bridgehead atoms. The van der Waals surface area contributed by atoms with Crippen molar-refractivity contribution >= 4 is 50.3 Å². The fourth-order valence-corrected chi connectivity index (χ4v) is 4.56. The van der Waals surface area contributed by atoms with Crippen LogP contribution in [-0.2, 0) is 10.0 Å². The van der Waals surface area contributed by atoms with E-state index in [0.717, 1.165) is 12.8 Å². The van der Waals surface area contributed by atoms with Crippen molar-refractivity contribution in [3.63, 3.8) is 0 Å². The lowest BCUT2D eigenvalue weighted by molar-refractivity contribution is 0.477. The fourth-order valence-electron chi connectivity index (χ4n) is 2.64. The van der Waals surface area contributed by atoms with Crippen LogP contribution in [0.1, 0.15) is 12.8 Å². The monoisotopic (exact) mass is 395 g/mol. The number of thiocarbonyl (C=S) groups is 1. The molecule has 1 heterocycles. The van der Waals surface area contributed by atoms with E-state index in [1.54, 1.807) is 30.3 Å². The average molecular weight is 396 g/mol. The van der Waals surface area contributed by atoms with E-state index in [9.17, 15) is 8.42 Å². The molecule has 25 heavy (non-hydrogen) atoms. The molecule has 0 aromatic heterocycles. The van der Waals surface area contributed by atoms with E-state index >= 15 is 0 Å². The number of anilines is 2. The molecule has 0 spiro atoms. The van der Waals surface area contributed by atoms with Crippen molar-refractivity contribution < 1.29 is 8.42 Å². The molecule has 0 aliphatic carbocycles. The van der Waals surface area contributed by atoms with Gasteiger partial charge in [-0.05, 0) is 61.5 Å². The van der Waals surface area contributed by atoms with E-state index in [-0.39, 0.29) is 0 Å². The van der Waals surface area contributed by atoms with Crippen LogP contribution >= 0.6 is 23.8 Å². The lowest BCUT2D eigenvalue weighted by Gasteiger charge is -2.16. The van der Waals surface area contributed by atoms with Crippen molar-refractivity contribution in [3.05, 3.63) is 53.6 Å². The highest BCUT2D eigenvalue weighted by Crippen LogP contribution is 2.23. The second-order valence-electron chi connectivity index (χ2n) is 5.69. The van der Waals surface area contributed by atoms with Gasteiger partial charge in [-0.2, -0.15) is 4.31 Å². The minimum absolute atomic E-state index is 0.296.